The van der Waals surface area contributed by atoms with Crippen molar-refractivity contribution >= 4 is 103 Å². The third kappa shape index (κ3) is 14.3. The monoisotopic (exact) mass is 864 g/mol. The predicted molar refractivity (Wildman–Crippen MR) is 236 cm³/mol. The van der Waals surface area contributed by atoms with Gasteiger partial charge in [0.05, 0.1) is 32.6 Å². The Bertz CT molecular complexity index is 1950. The van der Waals surface area contributed by atoms with Crippen LogP contribution in [-0.2, 0) is 19.6 Å². The molecule has 2 amide bonds. The van der Waals surface area contributed by atoms with Gasteiger partial charge in [-0.1, -0.05) is 130 Å². The van der Waals surface area contributed by atoms with Crippen LogP contribution in [0.3, 0.4) is 0 Å². The summed E-state index contributed by atoms with van der Waals surface area (Å²) in [6.45, 7) is 5.61. The number of amidine groups is 1. The van der Waals surface area contributed by atoms with Gasteiger partial charge in [-0.25, -0.2) is 23.1 Å². The van der Waals surface area contributed by atoms with Crippen molar-refractivity contribution in [1.29, 1.82) is 0 Å². The summed E-state index contributed by atoms with van der Waals surface area (Å²) in [4.78, 5) is 33.7. The number of carbonyl (C=O) groups is 2. The van der Waals surface area contributed by atoms with E-state index in [1.54, 1.807) is 24.3 Å². The molecular formula is C41H52Cl4N6O4S. The predicted octanol–water partition coefficient (Wildman–Crippen LogP) is 11.0. The van der Waals surface area contributed by atoms with Crippen molar-refractivity contribution in [2.24, 2.45) is 4.99 Å². The van der Waals surface area contributed by atoms with E-state index in [-0.39, 0.29) is 39.6 Å². The fourth-order valence-corrected chi connectivity index (χ4v) is 7.92. The Morgan fingerprint density at radius 2 is 1.45 bits per heavy atom. The van der Waals surface area contributed by atoms with Gasteiger partial charge in [0.15, 0.2) is 5.84 Å². The first kappa shape index (κ1) is 45.4. The maximum absolute atomic E-state index is 14.1. The molecule has 304 valence electrons. The summed E-state index contributed by atoms with van der Waals surface area (Å²) in [7, 11) is -3.30. The van der Waals surface area contributed by atoms with E-state index >= 15 is 0 Å². The second-order valence-electron chi connectivity index (χ2n) is 13.8. The first-order valence-corrected chi connectivity index (χ1v) is 22.7. The van der Waals surface area contributed by atoms with Crippen LogP contribution in [0.2, 0.25) is 20.1 Å². The lowest BCUT2D eigenvalue weighted by molar-refractivity contribution is -0.116. The zero-order valence-corrected chi connectivity index (χ0v) is 36.1. The molecule has 0 aromatic heterocycles. The van der Waals surface area contributed by atoms with Crippen LogP contribution < -0.4 is 25.4 Å². The number of nitrogens with one attached hydrogen (secondary N) is 3. The molecule has 10 nitrogen and oxygen atoms in total. The summed E-state index contributed by atoms with van der Waals surface area (Å²) in [5, 5.41) is 5.09. The fourth-order valence-electron chi connectivity index (χ4n) is 6.31. The largest absolute Gasteiger partial charge is 0.370 e. The number of hydrogen-bond donors (Lipinski definition) is 3. The summed E-state index contributed by atoms with van der Waals surface area (Å²) in [5.74, 6) is -0.394. The van der Waals surface area contributed by atoms with E-state index in [1.807, 2.05) is 36.1 Å². The number of nitrogens with zero attached hydrogens (tertiary/aromatic N) is 3. The number of halogens is 4. The molecule has 1 heterocycles. The van der Waals surface area contributed by atoms with Crippen LogP contribution in [0.25, 0.3) is 6.08 Å². The minimum Gasteiger partial charge on any atom is -0.370 e. The normalized spacial score (nSPS) is 14.5. The molecule has 0 bridgehead atoms. The zero-order chi connectivity index (χ0) is 40.7. The van der Waals surface area contributed by atoms with Crippen LogP contribution in [-0.4, -0.2) is 52.0 Å². The van der Waals surface area contributed by atoms with Gasteiger partial charge in [-0.2, -0.15) is 0 Å². The quantitative estimate of drug-likeness (QED) is 0.0683. The highest BCUT2D eigenvalue weighted by molar-refractivity contribution is 7.88. The SMILES string of the molecule is CCCCCCCCCCCCCC(=O)Nc1ccc(Cl)c(N=C2NN(c3c(Cl)cc(Cl)cc3Cl)C(=O)/C2=C\c2ccc(N(CC)CCNS(C)(=O)=O)cc2)c1. The minimum absolute atomic E-state index is 0.0912. The lowest BCUT2D eigenvalue weighted by Gasteiger charge is -2.23. The Hall–Kier alpha value is -3.32. The molecule has 1 saturated heterocycles. The molecule has 3 aromatic rings. The van der Waals surface area contributed by atoms with E-state index in [2.05, 4.69) is 22.4 Å². The molecular weight excluding hydrogens is 814 g/mol. The fraction of sp³-hybridized carbons (Fsp3) is 0.439. The van der Waals surface area contributed by atoms with Gasteiger partial charge < -0.3 is 10.2 Å². The standard InChI is InChI=1S/C41H52Cl4N6O4S/c1-4-6-7-8-9-10-11-12-13-14-15-16-38(52)47-31-19-22-34(43)37(28-31)48-40-33(41(53)51(49-40)39-35(44)26-30(42)27-36(39)45)25-29-17-20-32(21-18-29)50(5-2)24-23-46-56(3,54)55/h17-22,25-28,46H,4-16,23-24H2,1-3H3,(H,47,52)(H,48,49)/b33-25-. The molecule has 0 unspecified atom stereocenters. The van der Waals surface area contributed by atoms with Crippen molar-refractivity contribution in [3.63, 3.8) is 0 Å². The number of benzene rings is 3. The number of anilines is 3. The summed E-state index contributed by atoms with van der Waals surface area (Å²) >= 11 is 25.9. The van der Waals surface area contributed by atoms with Crippen molar-refractivity contribution in [3.05, 3.63) is 85.8 Å². The lowest BCUT2D eigenvalue weighted by Crippen LogP contribution is -2.36. The van der Waals surface area contributed by atoms with Crippen LogP contribution in [0.4, 0.5) is 22.7 Å². The molecule has 1 aliphatic rings. The highest BCUT2D eigenvalue weighted by Gasteiger charge is 2.35. The number of likely N-dealkylation sites (N-methyl/N-ethyl adjacent to an activating group) is 1. The highest BCUT2D eigenvalue weighted by Crippen LogP contribution is 2.39. The molecule has 0 spiro atoms. The van der Waals surface area contributed by atoms with Gasteiger partial charge in [0.25, 0.3) is 5.91 Å². The van der Waals surface area contributed by atoms with E-state index in [0.717, 1.165) is 31.2 Å². The van der Waals surface area contributed by atoms with Crippen LogP contribution in [0.5, 0.6) is 0 Å². The molecule has 0 aliphatic carbocycles. The average Bonchev–Trinajstić information content (AvgIpc) is 3.43. The average molecular weight is 867 g/mol. The zero-order valence-electron chi connectivity index (χ0n) is 32.3. The Balaban J connectivity index is 1.50. The topological polar surface area (TPSA) is 123 Å². The molecule has 3 aromatic carbocycles. The van der Waals surface area contributed by atoms with Gasteiger partial charge in [-0.3, -0.25) is 15.0 Å². The third-order valence-electron chi connectivity index (χ3n) is 9.28. The maximum Gasteiger partial charge on any atom is 0.280 e. The van der Waals surface area contributed by atoms with Crippen molar-refractivity contribution in [2.75, 3.05) is 41.1 Å². The maximum atomic E-state index is 14.1. The summed E-state index contributed by atoms with van der Waals surface area (Å²) in [6.07, 6.45) is 16.5. The first-order valence-electron chi connectivity index (χ1n) is 19.2. The van der Waals surface area contributed by atoms with Gasteiger partial charge in [-0.15, -0.1) is 0 Å². The Morgan fingerprint density at radius 1 is 0.839 bits per heavy atom. The molecule has 56 heavy (non-hydrogen) atoms. The molecule has 15 heteroatoms. The summed E-state index contributed by atoms with van der Waals surface area (Å²) in [5.41, 5.74) is 5.87. The van der Waals surface area contributed by atoms with Crippen LogP contribution >= 0.6 is 46.4 Å². The third-order valence-corrected chi connectivity index (χ3v) is 11.1. The van der Waals surface area contributed by atoms with Gasteiger partial charge in [-0.05, 0) is 67.4 Å². The number of amides is 2. The number of unbranched alkanes of at least 4 members (excludes halogenated alkanes) is 10. The van der Waals surface area contributed by atoms with Gasteiger partial charge in [0.1, 0.15) is 5.69 Å². The summed E-state index contributed by atoms with van der Waals surface area (Å²) in [6, 6.07) is 15.5. The Morgan fingerprint density at radius 3 is 2.04 bits per heavy atom. The van der Waals surface area contributed by atoms with Gasteiger partial charge in [0, 0.05) is 42.5 Å². The van der Waals surface area contributed by atoms with E-state index in [1.165, 1.54) is 68.5 Å². The number of rotatable bonds is 22. The van der Waals surface area contributed by atoms with E-state index in [9.17, 15) is 18.0 Å². The van der Waals surface area contributed by atoms with Crippen molar-refractivity contribution in [1.82, 2.24) is 10.1 Å². The van der Waals surface area contributed by atoms with Crippen molar-refractivity contribution < 1.29 is 18.0 Å². The van der Waals surface area contributed by atoms with Crippen molar-refractivity contribution in [2.45, 2.75) is 90.9 Å². The Kier molecular flexibility index (Phi) is 18.3. The number of hydrogen-bond acceptors (Lipinski definition) is 6. The lowest BCUT2D eigenvalue weighted by atomic mass is 10.1. The number of sulfonamides is 1. The second-order valence-corrected chi connectivity index (χ2v) is 17.3. The molecule has 3 N–H and O–H groups in total. The van der Waals surface area contributed by atoms with E-state index in [0.29, 0.717) is 46.5 Å². The first-order chi connectivity index (χ1) is 26.8. The van der Waals surface area contributed by atoms with Crippen LogP contribution in [0.1, 0.15) is 96.5 Å². The molecule has 0 saturated carbocycles. The van der Waals surface area contributed by atoms with E-state index < -0.39 is 15.9 Å². The molecule has 4 rings (SSSR count). The number of hydrazine groups is 1. The Labute approximate surface area is 352 Å². The van der Waals surface area contributed by atoms with Crippen molar-refractivity contribution in [3.8, 4) is 0 Å². The smallest absolute Gasteiger partial charge is 0.280 e. The highest BCUT2D eigenvalue weighted by atomic mass is 35.5. The van der Waals surface area contributed by atoms with E-state index in [4.69, 9.17) is 51.4 Å². The van der Waals surface area contributed by atoms with Crippen LogP contribution in [0, 0.1) is 0 Å². The number of carbonyl (C=O) groups excluding carboxylic acids is 2. The summed E-state index contributed by atoms with van der Waals surface area (Å²) < 4.78 is 25.6. The number of aliphatic imine (C=N–C) groups is 1. The molecule has 1 aliphatic heterocycles. The molecule has 1 fully saturated rings. The van der Waals surface area contributed by atoms with Crippen LogP contribution in [0.15, 0.2) is 65.2 Å². The molecule has 0 radical (unpaired) electrons. The van der Waals surface area contributed by atoms with Gasteiger partial charge >= 0.3 is 0 Å². The second kappa shape index (κ2) is 22.6. The van der Waals surface area contributed by atoms with Gasteiger partial charge in [0.2, 0.25) is 15.9 Å². The molecule has 0 atom stereocenters. The minimum atomic E-state index is -3.30.